The minimum Gasteiger partial charge on any atom is -0.497 e. The number of anilines is 1. The summed E-state index contributed by atoms with van der Waals surface area (Å²) in [6.45, 7) is 3.11. The largest absolute Gasteiger partial charge is 0.497 e. The van der Waals surface area contributed by atoms with Crippen molar-refractivity contribution in [3.05, 3.63) is 59.4 Å². The van der Waals surface area contributed by atoms with Crippen LogP contribution >= 0.6 is 0 Å². The van der Waals surface area contributed by atoms with Crippen molar-refractivity contribution in [1.29, 1.82) is 0 Å². The van der Waals surface area contributed by atoms with Crippen LogP contribution in [0.25, 0.3) is 0 Å². The molecule has 3 aliphatic heterocycles. The molecule has 268 valence electrons. The van der Waals surface area contributed by atoms with Gasteiger partial charge in [0, 0.05) is 77.6 Å². The highest BCUT2D eigenvalue weighted by Gasteiger charge is 2.57. The van der Waals surface area contributed by atoms with Gasteiger partial charge in [0.25, 0.3) is 5.91 Å². The van der Waals surface area contributed by atoms with Gasteiger partial charge < -0.3 is 33.9 Å². The van der Waals surface area contributed by atoms with Gasteiger partial charge in [0.15, 0.2) is 5.60 Å². The number of piperidine rings is 1. The molecule has 0 radical (unpaired) electrons. The van der Waals surface area contributed by atoms with Crippen molar-refractivity contribution in [2.24, 2.45) is 5.92 Å². The van der Waals surface area contributed by atoms with E-state index in [4.69, 9.17) is 18.9 Å². The summed E-state index contributed by atoms with van der Waals surface area (Å²) in [5.41, 5.74) is 1.69. The Morgan fingerprint density at radius 2 is 1.65 bits per heavy atom. The van der Waals surface area contributed by atoms with Gasteiger partial charge in [-0.25, -0.2) is 4.39 Å². The number of rotatable bonds is 11. The molecular weight excluding hydrogens is 629 g/mol. The number of hydrogen-bond donors (Lipinski definition) is 1. The minimum atomic E-state index is -1.11. The number of halogens is 1. The summed E-state index contributed by atoms with van der Waals surface area (Å²) in [6, 6.07) is 13.0. The Labute approximate surface area is 289 Å². The minimum absolute atomic E-state index is 0.0422. The van der Waals surface area contributed by atoms with Crippen LogP contribution in [0.2, 0.25) is 0 Å². The molecule has 49 heavy (non-hydrogen) atoms. The normalized spacial score (nSPS) is 29.8. The standard InChI is InChI=1S/C38H52FN3O7/c1-46-23-30-19-27(33-14-7-28(39)20-35(33)40-17-15-26(16-18-40)36(43)44)21-42(30)37(45)38(49-4)24-41(29-8-12-32(48-3)13-9-29)22-34(38)25-5-10-31(47-2)11-6-25/h5-7,10-11,14,20,26-27,29-30,32,34H,8-9,12-13,15-19,21-24H2,1-4H3,(H,43,44)/t27-,29-,30+,32-,34+,38+/m1/s1. The third kappa shape index (κ3) is 7.18. The van der Waals surface area contributed by atoms with E-state index in [1.807, 2.05) is 35.2 Å². The molecule has 1 saturated carbocycles. The third-order valence-corrected chi connectivity index (χ3v) is 11.8. The zero-order chi connectivity index (χ0) is 34.7. The molecule has 6 rings (SSSR count). The smallest absolute Gasteiger partial charge is 0.306 e. The number of aliphatic carboxylic acids is 1. The number of carboxylic acids is 1. The first kappa shape index (κ1) is 35.6. The maximum atomic E-state index is 15.2. The Morgan fingerprint density at radius 1 is 0.939 bits per heavy atom. The summed E-state index contributed by atoms with van der Waals surface area (Å²) in [5.74, 6) is -1.02. The van der Waals surface area contributed by atoms with E-state index in [0.29, 0.717) is 64.6 Å². The maximum absolute atomic E-state index is 15.2. The predicted molar refractivity (Wildman–Crippen MR) is 184 cm³/mol. The van der Waals surface area contributed by atoms with Gasteiger partial charge in [-0.3, -0.25) is 14.5 Å². The molecule has 3 saturated heterocycles. The van der Waals surface area contributed by atoms with Crippen LogP contribution in [0.3, 0.4) is 0 Å². The Kier molecular flexibility index (Phi) is 11.1. The molecule has 3 heterocycles. The summed E-state index contributed by atoms with van der Waals surface area (Å²) in [7, 11) is 6.75. The van der Waals surface area contributed by atoms with Gasteiger partial charge in [-0.05, 0) is 80.3 Å². The van der Waals surface area contributed by atoms with Crippen molar-refractivity contribution < 1.29 is 38.0 Å². The summed E-state index contributed by atoms with van der Waals surface area (Å²) in [4.78, 5) is 33.3. The van der Waals surface area contributed by atoms with Crippen LogP contribution in [-0.2, 0) is 23.8 Å². The lowest BCUT2D eigenvalue weighted by atomic mass is 9.83. The van der Waals surface area contributed by atoms with E-state index in [9.17, 15) is 14.3 Å². The average molecular weight is 682 g/mol. The number of amides is 1. The van der Waals surface area contributed by atoms with Crippen molar-refractivity contribution >= 4 is 17.6 Å². The number of nitrogens with zero attached hydrogens (tertiary/aromatic N) is 3. The molecule has 1 N–H and O–H groups in total. The highest BCUT2D eigenvalue weighted by molar-refractivity contribution is 5.88. The first-order valence-corrected chi connectivity index (χ1v) is 17.7. The molecule has 10 nitrogen and oxygen atoms in total. The van der Waals surface area contributed by atoms with Gasteiger partial charge in [0.05, 0.1) is 31.8 Å². The lowest BCUT2D eigenvalue weighted by molar-refractivity contribution is -0.157. The van der Waals surface area contributed by atoms with Gasteiger partial charge >= 0.3 is 5.97 Å². The Bertz CT molecular complexity index is 1440. The summed E-state index contributed by atoms with van der Waals surface area (Å²) >= 11 is 0. The molecule has 0 aromatic heterocycles. The lowest BCUT2D eigenvalue weighted by Crippen LogP contribution is -2.57. The summed E-state index contributed by atoms with van der Waals surface area (Å²) in [5, 5.41) is 9.53. The first-order valence-electron chi connectivity index (χ1n) is 17.7. The molecule has 0 spiro atoms. The summed E-state index contributed by atoms with van der Waals surface area (Å²) in [6.07, 6.45) is 5.99. The van der Waals surface area contributed by atoms with Crippen molar-refractivity contribution in [3.8, 4) is 5.75 Å². The van der Waals surface area contributed by atoms with E-state index in [0.717, 1.165) is 48.2 Å². The zero-order valence-corrected chi connectivity index (χ0v) is 29.3. The van der Waals surface area contributed by atoms with E-state index in [1.165, 1.54) is 6.07 Å². The van der Waals surface area contributed by atoms with Gasteiger partial charge in [0.1, 0.15) is 11.6 Å². The van der Waals surface area contributed by atoms with Gasteiger partial charge in [0.2, 0.25) is 0 Å². The van der Waals surface area contributed by atoms with Crippen LogP contribution in [0.1, 0.15) is 67.9 Å². The number of ether oxygens (including phenoxy) is 4. The topological polar surface area (TPSA) is 101 Å². The SMILES string of the molecule is COC[C@@H]1C[C@@H](c2ccc(F)cc2N2CCC(C(=O)O)CC2)CN1C(=O)[C@]1(OC)CN([C@H]2CC[C@H](OC)CC2)C[C@H]1c1ccc(OC)cc1. The molecule has 4 atom stereocenters. The van der Waals surface area contributed by atoms with Gasteiger partial charge in [-0.2, -0.15) is 0 Å². The quantitative estimate of drug-likeness (QED) is 0.355. The molecule has 4 fully saturated rings. The Balaban J connectivity index is 1.30. The highest BCUT2D eigenvalue weighted by Crippen LogP contribution is 2.46. The van der Waals surface area contributed by atoms with E-state index in [2.05, 4.69) is 9.80 Å². The lowest BCUT2D eigenvalue weighted by Gasteiger charge is -2.39. The van der Waals surface area contributed by atoms with Crippen LogP contribution in [0.5, 0.6) is 5.75 Å². The Morgan fingerprint density at radius 3 is 2.27 bits per heavy atom. The highest BCUT2D eigenvalue weighted by atomic mass is 19.1. The fourth-order valence-electron chi connectivity index (χ4n) is 8.99. The summed E-state index contributed by atoms with van der Waals surface area (Å²) < 4.78 is 38.0. The maximum Gasteiger partial charge on any atom is 0.306 e. The predicted octanol–water partition coefficient (Wildman–Crippen LogP) is 4.91. The second kappa shape index (κ2) is 15.3. The molecule has 2 aromatic rings. The third-order valence-electron chi connectivity index (χ3n) is 11.8. The van der Waals surface area contributed by atoms with E-state index < -0.39 is 11.6 Å². The second-order valence-electron chi connectivity index (χ2n) is 14.3. The molecule has 2 aromatic carbocycles. The molecule has 4 aliphatic rings. The van der Waals surface area contributed by atoms with Crippen LogP contribution in [-0.4, -0.2) is 118 Å². The Hall–Kier alpha value is -3.25. The molecule has 0 bridgehead atoms. The number of benzene rings is 2. The van der Waals surface area contributed by atoms with Crippen molar-refractivity contribution in [2.75, 3.05) is 72.7 Å². The van der Waals surface area contributed by atoms with E-state index >= 15 is 4.79 Å². The molecular formula is C38H52FN3O7. The fraction of sp³-hybridized carbons (Fsp3) is 0.632. The fourth-order valence-corrected chi connectivity index (χ4v) is 8.99. The van der Waals surface area contributed by atoms with Crippen LogP contribution in [0.4, 0.5) is 10.1 Å². The number of hydrogen-bond acceptors (Lipinski definition) is 8. The number of carbonyl (C=O) groups is 2. The number of methoxy groups -OCH3 is 4. The van der Waals surface area contributed by atoms with Crippen LogP contribution in [0, 0.1) is 11.7 Å². The van der Waals surface area contributed by atoms with Crippen molar-refractivity contribution in [3.63, 3.8) is 0 Å². The number of likely N-dealkylation sites (tertiary alicyclic amines) is 2. The van der Waals surface area contributed by atoms with E-state index in [1.54, 1.807) is 34.5 Å². The average Bonchev–Trinajstić information content (AvgIpc) is 3.74. The molecule has 1 aliphatic carbocycles. The monoisotopic (exact) mass is 681 g/mol. The molecule has 1 amide bonds. The molecule has 0 unspecified atom stereocenters. The van der Waals surface area contributed by atoms with Gasteiger partial charge in [-0.1, -0.05) is 18.2 Å². The van der Waals surface area contributed by atoms with E-state index in [-0.39, 0.29) is 41.6 Å². The van der Waals surface area contributed by atoms with Crippen molar-refractivity contribution in [1.82, 2.24) is 9.80 Å². The second-order valence-corrected chi connectivity index (χ2v) is 14.3. The van der Waals surface area contributed by atoms with Crippen molar-refractivity contribution in [2.45, 2.75) is 80.6 Å². The van der Waals surface area contributed by atoms with Crippen LogP contribution < -0.4 is 9.64 Å². The first-order chi connectivity index (χ1) is 23.7. The number of carboxylic acid groups (broad SMARTS) is 1. The number of carbonyl (C=O) groups excluding carboxylic acids is 1. The van der Waals surface area contributed by atoms with Gasteiger partial charge in [-0.15, -0.1) is 0 Å². The zero-order valence-electron chi connectivity index (χ0n) is 29.3. The molecule has 11 heteroatoms. The van der Waals surface area contributed by atoms with Crippen LogP contribution in [0.15, 0.2) is 42.5 Å².